The Bertz CT molecular complexity index is 662. The molecule has 1 aromatic carbocycles. The first kappa shape index (κ1) is 17.6. The van der Waals surface area contributed by atoms with Gasteiger partial charge in [-0.2, -0.15) is 38.5 Å². The second-order valence-electron chi connectivity index (χ2n) is 3.60. The normalized spacial score (nSPS) is 16.3. The Morgan fingerprint density at radius 2 is 1.29 bits per heavy atom. The lowest BCUT2D eigenvalue weighted by molar-refractivity contribution is -0.0445. The third kappa shape index (κ3) is 3.10. The number of anilines is 1. The SMILES string of the molecule is C=S(=O)(N(c1ccccc1)S(=O)(=O)C(F)(F)F)C(F)(F)F. The minimum Gasteiger partial charge on any atom is -0.237 e. The number of para-hydroxylation sites is 1. The summed E-state index contributed by atoms with van der Waals surface area (Å²) in [6, 6.07) is 4.47. The highest BCUT2D eigenvalue weighted by molar-refractivity contribution is 8.15. The van der Waals surface area contributed by atoms with Gasteiger partial charge in [-0.1, -0.05) is 18.2 Å². The summed E-state index contributed by atoms with van der Waals surface area (Å²) < 4.78 is 109. The maximum absolute atomic E-state index is 12.7. The Balaban J connectivity index is 3.72. The van der Waals surface area contributed by atoms with Gasteiger partial charge in [-0.05, 0) is 18.0 Å². The molecule has 1 aromatic rings. The zero-order valence-electron chi connectivity index (χ0n) is 9.85. The predicted molar refractivity (Wildman–Crippen MR) is 65.2 cm³/mol. The van der Waals surface area contributed by atoms with Crippen LogP contribution in [0.25, 0.3) is 0 Å². The molecule has 0 heterocycles. The predicted octanol–water partition coefficient (Wildman–Crippen LogP) is 2.49. The molecule has 0 aromatic heterocycles. The molecular formula is C9H7F6NO3S2. The lowest BCUT2D eigenvalue weighted by Crippen LogP contribution is -2.49. The molecule has 0 aliphatic heterocycles. The fourth-order valence-corrected chi connectivity index (χ4v) is 4.22. The summed E-state index contributed by atoms with van der Waals surface area (Å²) in [7, 11) is -12.4. The molecule has 12 heteroatoms. The van der Waals surface area contributed by atoms with Crippen LogP contribution < -0.4 is 3.71 Å². The van der Waals surface area contributed by atoms with E-state index in [0.717, 1.165) is 12.1 Å². The van der Waals surface area contributed by atoms with Gasteiger partial charge in [-0.25, -0.2) is 4.21 Å². The maximum atomic E-state index is 12.7. The third-order valence-corrected chi connectivity index (χ3v) is 6.12. The second-order valence-corrected chi connectivity index (χ2v) is 7.72. The van der Waals surface area contributed by atoms with Gasteiger partial charge in [0, 0.05) is 0 Å². The van der Waals surface area contributed by atoms with E-state index in [-0.39, 0.29) is 0 Å². The number of alkyl halides is 6. The molecule has 120 valence electrons. The standard InChI is InChI=1S/C9H7F6NO3S2/c1-20(17,8(10,11)12)16(7-5-3-2-4-6-7)21(18,19)9(13,14)15/h2-6H,1H2. The van der Waals surface area contributed by atoms with Crippen molar-refractivity contribution in [2.45, 2.75) is 11.0 Å². The number of nitrogens with zero attached hydrogens (tertiary/aromatic N) is 1. The van der Waals surface area contributed by atoms with Crippen LogP contribution in [-0.2, 0) is 19.7 Å². The molecule has 0 aliphatic carbocycles. The van der Waals surface area contributed by atoms with Crippen LogP contribution in [0, 0.1) is 0 Å². The molecular weight excluding hydrogens is 348 g/mol. The van der Waals surface area contributed by atoms with Crippen LogP contribution >= 0.6 is 0 Å². The number of hydrogen-bond acceptors (Lipinski definition) is 3. The van der Waals surface area contributed by atoms with Crippen molar-refractivity contribution >= 4 is 31.3 Å². The van der Waals surface area contributed by atoms with E-state index in [4.69, 9.17) is 0 Å². The molecule has 0 aliphatic rings. The highest BCUT2D eigenvalue weighted by atomic mass is 32.3. The summed E-state index contributed by atoms with van der Waals surface area (Å²) in [5.41, 5.74) is -12.9. The Morgan fingerprint density at radius 1 is 0.857 bits per heavy atom. The Morgan fingerprint density at radius 3 is 1.62 bits per heavy atom. The van der Waals surface area contributed by atoms with E-state index in [1.54, 1.807) is 0 Å². The number of benzene rings is 1. The fraction of sp³-hybridized carbons (Fsp3) is 0.222. The van der Waals surface area contributed by atoms with E-state index < -0.39 is 40.1 Å². The van der Waals surface area contributed by atoms with Crippen LogP contribution in [0.1, 0.15) is 0 Å². The van der Waals surface area contributed by atoms with Gasteiger partial charge in [0.15, 0.2) is 9.71 Å². The van der Waals surface area contributed by atoms with Gasteiger partial charge in [0.05, 0.1) is 5.69 Å². The fourth-order valence-electron chi connectivity index (χ4n) is 1.21. The quantitative estimate of drug-likeness (QED) is 0.618. The van der Waals surface area contributed by atoms with E-state index in [1.807, 2.05) is 0 Å². The molecule has 0 radical (unpaired) electrons. The first-order valence-corrected chi connectivity index (χ1v) is 7.95. The Hall–Kier alpha value is -1.43. The van der Waals surface area contributed by atoms with Crippen LogP contribution in [0.15, 0.2) is 30.3 Å². The van der Waals surface area contributed by atoms with Gasteiger partial charge >= 0.3 is 21.0 Å². The van der Waals surface area contributed by atoms with E-state index in [2.05, 4.69) is 5.87 Å². The van der Waals surface area contributed by atoms with E-state index in [9.17, 15) is 39.0 Å². The zero-order chi connectivity index (χ0) is 16.7. The van der Waals surface area contributed by atoms with E-state index in [0.29, 0.717) is 12.1 Å². The van der Waals surface area contributed by atoms with Crippen molar-refractivity contribution in [2.75, 3.05) is 3.71 Å². The van der Waals surface area contributed by atoms with Crippen LogP contribution in [-0.4, -0.2) is 29.5 Å². The number of rotatable bonds is 3. The van der Waals surface area contributed by atoms with Gasteiger partial charge in [0.2, 0.25) is 0 Å². The van der Waals surface area contributed by atoms with Crippen LogP contribution in [0.3, 0.4) is 0 Å². The molecule has 0 fully saturated rings. The second kappa shape index (κ2) is 5.09. The van der Waals surface area contributed by atoms with Crippen molar-refractivity contribution in [3.05, 3.63) is 30.3 Å². The highest BCUT2D eigenvalue weighted by Gasteiger charge is 2.58. The van der Waals surface area contributed by atoms with Crippen molar-refractivity contribution in [2.24, 2.45) is 0 Å². The molecule has 0 bridgehead atoms. The summed E-state index contributed by atoms with van der Waals surface area (Å²) in [4.78, 5) is 0. The molecule has 0 spiro atoms. The molecule has 0 saturated heterocycles. The number of halogens is 6. The largest absolute Gasteiger partial charge is 0.517 e. The first-order valence-electron chi connectivity index (χ1n) is 4.83. The number of sulfonamides is 1. The van der Waals surface area contributed by atoms with Crippen molar-refractivity contribution in [1.29, 1.82) is 0 Å². The molecule has 1 atom stereocenters. The van der Waals surface area contributed by atoms with Gasteiger partial charge < -0.3 is 0 Å². The minimum atomic E-state index is -6.56. The minimum absolute atomic E-state index is 0.639. The summed E-state index contributed by atoms with van der Waals surface area (Å²) in [5.74, 6) is 2.15. The number of hydrogen-bond donors (Lipinski definition) is 0. The lowest BCUT2D eigenvalue weighted by Gasteiger charge is -2.29. The Kier molecular flexibility index (Phi) is 4.27. The first-order chi connectivity index (χ1) is 9.23. The molecule has 1 rings (SSSR count). The molecule has 4 nitrogen and oxygen atoms in total. The van der Waals surface area contributed by atoms with Gasteiger partial charge in [0.25, 0.3) is 0 Å². The summed E-state index contributed by atoms with van der Waals surface area (Å²) >= 11 is 0. The molecule has 21 heavy (non-hydrogen) atoms. The Labute approximate surface area is 116 Å². The third-order valence-electron chi connectivity index (χ3n) is 2.11. The van der Waals surface area contributed by atoms with Gasteiger partial charge in [0.1, 0.15) is 0 Å². The van der Waals surface area contributed by atoms with Crippen LogP contribution in [0.4, 0.5) is 32.0 Å². The van der Waals surface area contributed by atoms with Crippen molar-refractivity contribution < 1.29 is 39.0 Å². The van der Waals surface area contributed by atoms with Crippen molar-refractivity contribution in [3.63, 3.8) is 0 Å². The van der Waals surface area contributed by atoms with Gasteiger partial charge in [-0.15, -0.1) is 0 Å². The summed E-state index contributed by atoms with van der Waals surface area (Å²) in [5, 5.41) is 0. The lowest BCUT2D eigenvalue weighted by atomic mass is 10.3. The smallest absolute Gasteiger partial charge is 0.237 e. The molecule has 0 N–H and O–H groups in total. The van der Waals surface area contributed by atoms with E-state index >= 15 is 0 Å². The molecule has 1 unspecified atom stereocenters. The van der Waals surface area contributed by atoms with Crippen molar-refractivity contribution in [1.82, 2.24) is 0 Å². The maximum Gasteiger partial charge on any atom is 0.517 e. The zero-order valence-corrected chi connectivity index (χ0v) is 11.5. The van der Waals surface area contributed by atoms with Gasteiger partial charge in [-0.3, -0.25) is 0 Å². The summed E-state index contributed by atoms with van der Waals surface area (Å²) in [6.07, 6.45) is 0. The highest BCUT2D eigenvalue weighted by Crippen LogP contribution is 2.38. The van der Waals surface area contributed by atoms with Crippen molar-refractivity contribution in [3.8, 4) is 0 Å². The van der Waals surface area contributed by atoms with E-state index in [1.165, 1.54) is 6.07 Å². The average Bonchev–Trinajstić information content (AvgIpc) is 2.26. The average molecular weight is 355 g/mol. The summed E-state index contributed by atoms with van der Waals surface area (Å²) in [6.45, 7) is 0. The topological polar surface area (TPSA) is 54.5 Å². The van der Waals surface area contributed by atoms with Crippen LogP contribution in [0.5, 0.6) is 0 Å². The molecule has 0 amide bonds. The molecule has 0 saturated carbocycles. The van der Waals surface area contributed by atoms with Crippen LogP contribution in [0.2, 0.25) is 0 Å². The monoisotopic (exact) mass is 355 g/mol.